The zero-order chi connectivity index (χ0) is 23.2. The monoisotopic (exact) mass is 442 g/mol. The van der Waals surface area contributed by atoms with Crippen molar-refractivity contribution in [2.24, 2.45) is 4.99 Å². The molecule has 0 unspecified atom stereocenters. The molecule has 168 valence electrons. The van der Waals surface area contributed by atoms with Crippen LogP contribution in [-0.4, -0.2) is 37.4 Å². The Hall–Kier alpha value is -4.00. The van der Waals surface area contributed by atoms with Gasteiger partial charge in [-0.1, -0.05) is 36.9 Å². The number of H-pyrrole nitrogens is 1. The predicted octanol–water partition coefficient (Wildman–Crippen LogP) is 5.48. The molecule has 7 heteroatoms. The number of imidazole rings is 1. The van der Waals surface area contributed by atoms with Gasteiger partial charge in [0.1, 0.15) is 11.5 Å². The van der Waals surface area contributed by atoms with Crippen LogP contribution in [0.15, 0.2) is 78.7 Å². The molecule has 0 amide bonds. The van der Waals surface area contributed by atoms with Gasteiger partial charge in [0.15, 0.2) is 0 Å². The Labute approximate surface area is 193 Å². The summed E-state index contributed by atoms with van der Waals surface area (Å²) >= 11 is 0. The van der Waals surface area contributed by atoms with E-state index in [2.05, 4.69) is 31.5 Å². The van der Waals surface area contributed by atoms with Crippen LogP contribution in [0, 0.1) is 12.7 Å². The smallest absolute Gasteiger partial charge is 0.149 e. The second-order valence-corrected chi connectivity index (χ2v) is 7.70. The number of halogens is 1. The van der Waals surface area contributed by atoms with E-state index in [4.69, 9.17) is 0 Å². The van der Waals surface area contributed by atoms with Crippen molar-refractivity contribution in [3.8, 4) is 5.69 Å². The van der Waals surface area contributed by atoms with E-state index < -0.39 is 0 Å². The van der Waals surface area contributed by atoms with Gasteiger partial charge in [-0.05, 0) is 43.7 Å². The van der Waals surface area contributed by atoms with Crippen LogP contribution in [0.2, 0.25) is 0 Å². The molecule has 1 aliphatic rings. The number of aryl methyl sites for hydroxylation is 1. The van der Waals surface area contributed by atoms with Gasteiger partial charge >= 0.3 is 0 Å². The third kappa shape index (κ3) is 4.92. The normalized spacial score (nSPS) is 12.9. The first-order valence-electron chi connectivity index (χ1n) is 10.9. The number of para-hydroxylation sites is 2. The van der Waals surface area contributed by atoms with E-state index in [1.807, 2.05) is 60.3 Å². The van der Waals surface area contributed by atoms with Gasteiger partial charge in [-0.25, -0.2) is 14.1 Å². The Morgan fingerprint density at radius 1 is 1.15 bits per heavy atom. The fraction of sp³-hybridized carbons (Fsp3) is 0.192. The van der Waals surface area contributed by atoms with E-state index in [-0.39, 0.29) is 5.82 Å². The number of aromatic amines is 1. The molecule has 0 atom stereocenters. The maximum absolute atomic E-state index is 12.9. The van der Waals surface area contributed by atoms with Crippen LogP contribution < -0.4 is 0 Å². The highest BCUT2D eigenvalue weighted by Crippen LogP contribution is 2.25. The molecule has 0 radical (unpaired) electrons. The lowest BCUT2D eigenvalue weighted by Crippen LogP contribution is -2.29. The van der Waals surface area contributed by atoms with Crippen LogP contribution >= 0.6 is 0 Å². The molecule has 2 aromatic heterocycles. The number of hydrogen-bond acceptors (Lipinski definition) is 4. The van der Waals surface area contributed by atoms with Gasteiger partial charge in [0.05, 0.1) is 47.5 Å². The van der Waals surface area contributed by atoms with Crippen LogP contribution in [0.1, 0.15) is 29.6 Å². The minimum Gasteiger partial charge on any atom is -0.364 e. The topological polar surface area (TPSA) is 62.1 Å². The first kappa shape index (κ1) is 22.2. The molecule has 4 aromatic rings. The molecule has 1 N–H and O–H groups in total. The van der Waals surface area contributed by atoms with E-state index in [1.54, 1.807) is 25.5 Å². The van der Waals surface area contributed by atoms with E-state index in [9.17, 15) is 4.39 Å². The number of rotatable bonds is 4. The highest BCUT2D eigenvalue weighted by atomic mass is 19.1. The zero-order valence-corrected chi connectivity index (χ0v) is 18.9. The molecule has 0 saturated heterocycles. The van der Waals surface area contributed by atoms with E-state index in [0.29, 0.717) is 5.69 Å². The third-order valence-corrected chi connectivity index (χ3v) is 5.54. The van der Waals surface area contributed by atoms with E-state index in [1.165, 1.54) is 17.5 Å². The molecule has 0 aliphatic carbocycles. The summed E-state index contributed by atoms with van der Waals surface area (Å²) in [7, 11) is 0. The van der Waals surface area contributed by atoms with Gasteiger partial charge < -0.3 is 9.88 Å². The summed E-state index contributed by atoms with van der Waals surface area (Å²) in [5.41, 5.74) is 6.70. The highest BCUT2D eigenvalue weighted by Gasteiger charge is 2.21. The number of nitrogens with zero attached hydrogens (tertiary/aromatic N) is 5. The van der Waals surface area contributed by atoms with Crippen molar-refractivity contribution in [2.45, 2.75) is 26.8 Å². The summed E-state index contributed by atoms with van der Waals surface area (Å²) in [6.45, 7) is 9.64. The average Bonchev–Trinajstić information content (AvgIpc) is 3.51. The predicted molar refractivity (Wildman–Crippen MR) is 130 cm³/mol. The average molecular weight is 443 g/mol. The Balaban J connectivity index is 0.000000200. The van der Waals surface area contributed by atoms with Crippen molar-refractivity contribution in [1.82, 2.24) is 24.6 Å². The van der Waals surface area contributed by atoms with Crippen LogP contribution in [0.4, 0.5) is 10.1 Å². The van der Waals surface area contributed by atoms with Crippen molar-refractivity contribution in [3.63, 3.8) is 0 Å². The number of fused-ring (bicyclic) bond motifs is 1. The molecule has 0 saturated carbocycles. The zero-order valence-electron chi connectivity index (χ0n) is 18.9. The van der Waals surface area contributed by atoms with Crippen molar-refractivity contribution < 1.29 is 4.39 Å². The summed E-state index contributed by atoms with van der Waals surface area (Å²) in [5, 5.41) is 4.45. The summed E-state index contributed by atoms with van der Waals surface area (Å²) in [4.78, 5) is 13.7. The second kappa shape index (κ2) is 10.1. The molecule has 1 aliphatic heterocycles. The molecule has 2 aromatic carbocycles. The Bertz CT molecular complexity index is 1230. The summed E-state index contributed by atoms with van der Waals surface area (Å²) in [6, 6.07) is 17.1. The van der Waals surface area contributed by atoms with Crippen molar-refractivity contribution in [2.75, 3.05) is 6.54 Å². The molecule has 33 heavy (non-hydrogen) atoms. The van der Waals surface area contributed by atoms with E-state index in [0.717, 1.165) is 42.2 Å². The summed E-state index contributed by atoms with van der Waals surface area (Å²) < 4.78 is 14.9. The Kier molecular flexibility index (Phi) is 6.78. The molecule has 3 heterocycles. The highest BCUT2D eigenvalue weighted by molar-refractivity contribution is 5.62. The van der Waals surface area contributed by atoms with Gasteiger partial charge in [0.2, 0.25) is 0 Å². The van der Waals surface area contributed by atoms with Crippen LogP contribution in [-0.2, 0) is 13.0 Å². The lowest BCUT2D eigenvalue weighted by molar-refractivity contribution is 0.365. The van der Waals surface area contributed by atoms with Crippen LogP contribution in [0.3, 0.4) is 0 Å². The van der Waals surface area contributed by atoms with Crippen molar-refractivity contribution in [1.29, 1.82) is 0 Å². The van der Waals surface area contributed by atoms with Crippen LogP contribution in [0.25, 0.3) is 11.4 Å². The van der Waals surface area contributed by atoms with Gasteiger partial charge in [-0.2, -0.15) is 5.10 Å². The number of benzene rings is 2. The minimum atomic E-state index is -0.261. The molecule has 0 fully saturated rings. The maximum atomic E-state index is 12.9. The summed E-state index contributed by atoms with van der Waals surface area (Å²) in [6.07, 6.45) is 6.12. The molecule has 0 bridgehead atoms. The first-order valence-corrected chi connectivity index (χ1v) is 10.9. The molecule has 5 rings (SSSR count). The Morgan fingerprint density at radius 3 is 2.73 bits per heavy atom. The molecular formula is C26H27FN6. The SMILES string of the molecule is C=C(c1ccnn1-c1ccccc1)N1CCc2nc[nH]c2C1.CC=Nc1c(C)cccc1F. The molecule has 6 nitrogen and oxygen atoms in total. The lowest BCUT2D eigenvalue weighted by atomic mass is 10.1. The van der Waals surface area contributed by atoms with Gasteiger partial charge in [-0.15, -0.1) is 0 Å². The third-order valence-electron chi connectivity index (χ3n) is 5.54. The van der Waals surface area contributed by atoms with Gasteiger partial charge in [0, 0.05) is 19.2 Å². The quantitative estimate of drug-likeness (QED) is 0.426. The van der Waals surface area contributed by atoms with Crippen LogP contribution in [0.5, 0.6) is 0 Å². The van der Waals surface area contributed by atoms with E-state index >= 15 is 0 Å². The fourth-order valence-electron chi connectivity index (χ4n) is 3.82. The second-order valence-electron chi connectivity index (χ2n) is 7.70. The summed E-state index contributed by atoms with van der Waals surface area (Å²) in [5.74, 6) is -0.261. The fourth-order valence-corrected chi connectivity index (χ4v) is 3.82. The Morgan fingerprint density at radius 2 is 1.97 bits per heavy atom. The van der Waals surface area contributed by atoms with Crippen molar-refractivity contribution in [3.05, 3.63) is 102 Å². The number of nitrogens with one attached hydrogen (secondary N) is 1. The lowest BCUT2D eigenvalue weighted by Gasteiger charge is -2.30. The first-order chi connectivity index (χ1) is 16.1. The number of aromatic nitrogens is 4. The maximum Gasteiger partial charge on any atom is 0.149 e. The minimum absolute atomic E-state index is 0.261. The number of aliphatic imine (C=N–C) groups is 1. The molecule has 0 spiro atoms. The number of hydrogen-bond donors (Lipinski definition) is 1. The van der Waals surface area contributed by atoms with Gasteiger partial charge in [0.25, 0.3) is 0 Å². The van der Waals surface area contributed by atoms with Crippen molar-refractivity contribution >= 4 is 17.6 Å². The standard InChI is InChI=1S/C17H17N5.C9H10FN/c1-13(21-10-8-15-16(11-21)19-12-18-15)17-7-9-20-22(17)14-5-3-2-4-6-14;1-3-11-9-7(2)5-4-6-8(9)10/h2-7,9,12H,1,8,10-11H2,(H,18,19);3-6H,1-2H3. The largest absolute Gasteiger partial charge is 0.364 e. The molecular weight excluding hydrogens is 415 g/mol. The van der Waals surface area contributed by atoms with Gasteiger partial charge in [-0.3, -0.25) is 4.99 Å².